The van der Waals surface area contributed by atoms with Crippen LogP contribution in [0.1, 0.15) is 6.42 Å². The molecular formula is C16H21Cl2N5O4S. The number of urea groups is 1. The van der Waals surface area contributed by atoms with E-state index in [0.29, 0.717) is 19.6 Å². The number of halogens is 2. The first-order valence-electron chi connectivity index (χ1n) is 8.41. The van der Waals surface area contributed by atoms with E-state index in [4.69, 9.17) is 27.9 Å². The van der Waals surface area contributed by atoms with Crippen molar-refractivity contribution >= 4 is 39.3 Å². The minimum atomic E-state index is -3.91. The van der Waals surface area contributed by atoms with E-state index in [2.05, 4.69) is 15.4 Å². The minimum Gasteiger partial charge on any atom is -0.383 e. The van der Waals surface area contributed by atoms with Crippen LogP contribution in [0.2, 0.25) is 10.0 Å². The van der Waals surface area contributed by atoms with Crippen LogP contribution >= 0.6 is 23.2 Å². The zero-order valence-electron chi connectivity index (χ0n) is 15.1. The number of hydrogen-bond acceptors (Lipinski definition) is 6. The molecule has 2 rings (SSSR count). The number of nitrogens with one attached hydrogen (secondary N) is 3. The average molecular weight is 450 g/mol. The van der Waals surface area contributed by atoms with E-state index in [9.17, 15) is 18.5 Å². The number of carbonyl (C=O) groups excluding carboxylic acids is 1. The molecule has 0 spiro atoms. The fourth-order valence-corrected chi connectivity index (χ4v) is 4.83. The highest BCUT2D eigenvalue weighted by Crippen LogP contribution is 2.26. The summed E-state index contributed by atoms with van der Waals surface area (Å²) in [5, 5.41) is 14.9. The summed E-state index contributed by atoms with van der Waals surface area (Å²) < 4.78 is 32.7. The standard InChI is InChI=1S/C16H21Cl2N5O4S/c1-27-5-4-20-16(24)21-8-13-7-12(9-23(13)10-19)22-28(25,26)15-6-11(17)2-3-14(15)18/h2-3,6,12-13,22H,4-5,7-9H2,1H3,(H2,20,21,24)/t12-,13-/m1/s1. The molecule has 1 heterocycles. The molecule has 154 valence electrons. The number of sulfonamides is 1. The van der Waals surface area contributed by atoms with Crippen molar-refractivity contribution in [3.05, 3.63) is 28.2 Å². The highest BCUT2D eigenvalue weighted by atomic mass is 35.5. The SMILES string of the molecule is COCCNC(=O)NC[C@H]1C[C@@H](NS(=O)(=O)c2cc(Cl)ccc2Cl)CN1C#N. The first-order chi connectivity index (χ1) is 13.3. The lowest BCUT2D eigenvalue weighted by molar-refractivity contribution is 0.195. The molecule has 0 bridgehead atoms. The van der Waals surface area contributed by atoms with Gasteiger partial charge in [-0.1, -0.05) is 23.2 Å². The molecule has 0 aromatic heterocycles. The van der Waals surface area contributed by atoms with Crippen LogP contribution in [0, 0.1) is 11.5 Å². The van der Waals surface area contributed by atoms with Crippen molar-refractivity contribution in [3.8, 4) is 6.19 Å². The van der Waals surface area contributed by atoms with E-state index in [-0.39, 0.29) is 40.1 Å². The van der Waals surface area contributed by atoms with E-state index in [0.717, 1.165) is 0 Å². The van der Waals surface area contributed by atoms with Gasteiger partial charge in [0.2, 0.25) is 10.0 Å². The van der Waals surface area contributed by atoms with E-state index < -0.39 is 16.1 Å². The van der Waals surface area contributed by atoms with Gasteiger partial charge in [0.05, 0.1) is 17.7 Å². The molecule has 0 unspecified atom stereocenters. The summed E-state index contributed by atoms with van der Waals surface area (Å²) in [5.74, 6) is 0. The summed E-state index contributed by atoms with van der Waals surface area (Å²) in [7, 11) is -2.39. The van der Waals surface area contributed by atoms with Crippen LogP contribution < -0.4 is 15.4 Å². The Bertz CT molecular complexity index is 846. The number of nitrogens with zero attached hydrogens (tertiary/aromatic N) is 2. The zero-order valence-corrected chi connectivity index (χ0v) is 17.4. The van der Waals surface area contributed by atoms with Crippen LogP contribution in [-0.4, -0.2) is 64.8 Å². The summed E-state index contributed by atoms with van der Waals surface area (Å²) >= 11 is 11.9. The van der Waals surface area contributed by atoms with Gasteiger partial charge in [0.1, 0.15) is 4.90 Å². The Kier molecular flexibility index (Phi) is 8.15. The Morgan fingerprint density at radius 1 is 1.39 bits per heavy atom. The molecule has 1 saturated heterocycles. The second-order valence-corrected chi connectivity index (χ2v) is 8.69. The van der Waals surface area contributed by atoms with Crippen LogP contribution in [-0.2, 0) is 14.8 Å². The average Bonchev–Trinajstić information content (AvgIpc) is 3.03. The van der Waals surface area contributed by atoms with Crippen molar-refractivity contribution in [2.45, 2.75) is 23.4 Å². The highest BCUT2D eigenvalue weighted by molar-refractivity contribution is 7.89. The first-order valence-corrected chi connectivity index (χ1v) is 10.6. The Labute approximate surface area is 174 Å². The summed E-state index contributed by atoms with van der Waals surface area (Å²) in [4.78, 5) is 13.0. The van der Waals surface area contributed by atoms with Crippen molar-refractivity contribution in [1.29, 1.82) is 5.26 Å². The number of rotatable bonds is 8. The van der Waals surface area contributed by atoms with Gasteiger partial charge in [0, 0.05) is 37.8 Å². The van der Waals surface area contributed by atoms with Crippen molar-refractivity contribution in [2.75, 3.05) is 33.4 Å². The Morgan fingerprint density at radius 3 is 2.82 bits per heavy atom. The number of benzene rings is 1. The Hall–Kier alpha value is -1.77. The molecule has 3 N–H and O–H groups in total. The Balaban J connectivity index is 1.96. The van der Waals surface area contributed by atoms with Gasteiger partial charge in [0.25, 0.3) is 0 Å². The van der Waals surface area contributed by atoms with Crippen molar-refractivity contribution in [2.24, 2.45) is 0 Å². The van der Waals surface area contributed by atoms with Gasteiger partial charge in [-0.2, -0.15) is 5.26 Å². The number of ether oxygens (including phenoxy) is 1. The molecule has 0 radical (unpaired) electrons. The second kappa shape index (κ2) is 10.1. The molecule has 0 saturated carbocycles. The van der Waals surface area contributed by atoms with Gasteiger partial charge < -0.3 is 20.3 Å². The monoisotopic (exact) mass is 449 g/mol. The number of carbonyl (C=O) groups is 1. The topological polar surface area (TPSA) is 124 Å². The smallest absolute Gasteiger partial charge is 0.314 e. The molecule has 0 aliphatic carbocycles. The summed E-state index contributed by atoms with van der Waals surface area (Å²) in [6, 6.07) is 2.94. The van der Waals surface area contributed by atoms with Gasteiger partial charge in [0.15, 0.2) is 6.19 Å². The first kappa shape index (κ1) is 22.5. The molecule has 12 heteroatoms. The third-order valence-corrected chi connectivity index (χ3v) is 6.37. The Morgan fingerprint density at radius 2 is 2.14 bits per heavy atom. The number of nitriles is 1. The van der Waals surface area contributed by atoms with Gasteiger partial charge in [-0.15, -0.1) is 0 Å². The lowest BCUT2D eigenvalue weighted by Gasteiger charge is -2.18. The summed E-state index contributed by atoms with van der Waals surface area (Å²) in [6.07, 6.45) is 2.38. The minimum absolute atomic E-state index is 0.0537. The van der Waals surface area contributed by atoms with Crippen LogP contribution in [0.4, 0.5) is 4.79 Å². The fourth-order valence-electron chi connectivity index (χ4n) is 2.82. The van der Waals surface area contributed by atoms with Crippen molar-refractivity contribution in [3.63, 3.8) is 0 Å². The van der Waals surface area contributed by atoms with Crippen molar-refractivity contribution in [1.82, 2.24) is 20.3 Å². The van der Waals surface area contributed by atoms with Gasteiger partial charge >= 0.3 is 6.03 Å². The molecule has 9 nitrogen and oxygen atoms in total. The predicted molar refractivity (Wildman–Crippen MR) is 105 cm³/mol. The fraction of sp³-hybridized carbons (Fsp3) is 0.500. The van der Waals surface area contributed by atoms with E-state index >= 15 is 0 Å². The molecule has 1 aromatic rings. The van der Waals surface area contributed by atoms with Crippen LogP contribution in [0.25, 0.3) is 0 Å². The maximum atomic E-state index is 12.6. The third-order valence-electron chi connectivity index (χ3n) is 4.14. The molecule has 2 atom stereocenters. The molecule has 1 aliphatic heterocycles. The van der Waals surface area contributed by atoms with E-state index in [1.165, 1.54) is 30.2 Å². The largest absolute Gasteiger partial charge is 0.383 e. The van der Waals surface area contributed by atoms with Gasteiger partial charge in [-0.05, 0) is 24.6 Å². The molecule has 2 amide bonds. The molecular weight excluding hydrogens is 429 g/mol. The van der Waals surface area contributed by atoms with Crippen LogP contribution in [0.3, 0.4) is 0 Å². The normalized spacial score (nSPS) is 19.3. The molecule has 28 heavy (non-hydrogen) atoms. The molecule has 1 fully saturated rings. The number of hydrogen-bond donors (Lipinski definition) is 3. The van der Waals surface area contributed by atoms with Gasteiger partial charge in [-0.25, -0.2) is 17.9 Å². The van der Waals surface area contributed by atoms with E-state index in [1.807, 2.05) is 6.19 Å². The number of methoxy groups -OCH3 is 1. The maximum absolute atomic E-state index is 12.6. The second-order valence-electron chi connectivity index (χ2n) is 6.16. The number of amides is 2. The number of likely N-dealkylation sites (tertiary alicyclic amines) is 1. The summed E-state index contributed by atoms with van der Waals surface area (Å²) in [5.41, 5.74) is 0. The quantitative estimate of drug-likeness (QED) is 0.403. The van der Waals surface area contributed by atoms with Gasteiger partial charge in [-0.3, -0.25) is 0 Å². The van der Waals surface area contributed by atoms with E-state index in [1.54, 1.807) is 0 Å². The van der Waals surface area contributed by atoms with Crippen LogP contribution in [0.5, 0.6) is 0 Å². The summed E-state index contributed by atoms with van der Waals surface area (Å²) in [6.45, 7) is 1.13. The predicted octanol–water partition coefficient (Wildman–Crippen LogP) is 1.14. The van der Waals surface area contributed by atoms with Crippen LogP contribution in [0.15, 0.2) is 23.1 Å². The highest BCUT2D eigenvalue weighted by Gasteiger charge is 2.35. The zero-order chi connectivity index (χ0) is 20.7. The maximum Gasteiger partial charge on any atom is 0.314 e. The van der Waals surface area contributed by atoms with Crippen molar-refractivity contribution < 1.29 is 17.9 Å². The third kappa shape index (κ3) is 6.12. The molecule has 1 aromatic carbocycles. The lowest BCUT2D eigenvalue weighted by atomic mass is 10.2. The molecule has 1 aliphatic rings. The lowest BCUT2D eigenvalue weighted by Crippen LogP contribution is -2.43.